The molecule has 98 valence electrons. The molecule has 1 N–H and O–H groups in total. The first-order chi connectivity index (χ1) is 9.20. The summed E-state index contributed by atoms with van der Waals surface area (Å²) in [6.45, 7) is 4.25. The number of aromatic nitrogens is 2. The SMILES string of the molecule is CCn1ncc(Cl)c1C(=O)c1ccc2c(c1)CNC2. The zero-order chi connectivity index (χ0) is 13.4. The van der Waals surface area contributed by atoms with Crippen molar-refractivity contribution in [1.29, 1.82) is 0 Å². The largest absolute Gasteiger partial charge is 0.309 e. The van der Waals surface area contributed by atoms with Crippen molar-refractivity contribution in [2.45, 2.75) is 26.6 Å². The molecule has 0 bridgehead atoms. The third-order valence-electron chi connectivity index (χ3n) is 3.41. The summed E-state index contributed by atoms with van der Waals surface area (Å²) in [6, 6.07) is 5.81. The number of halogens is 1. The smallest absolute Gasteiger partial charge is 0.212 e. The molecule has 0 saturated carbocycles. The Balaban J connectivity index is 2.02. The predicted octanol–water partition coefficient (Wildman–Crippen LogP) is 2.39. The molecule has 0 aliphatic carbocycles. The summed E-state index contributed by atoms with van der Waals surface area (Å²) < 4.78 is 1.64. The Morgan fingerprint density at radius 2 is 2.21 bits per heavy atom. The number of carbonyl (C=O) groups is 1. The van der Waals surface area contributed by atoms with E-state index >= 15 is 0 Å². The summed E-state index contributed by atoms with van der Waals surface area (Å²) in [7, 11) is 0. The van der Waals surface area contributed by atoms with E-state index in [9.17, 15) is 4.79 Å². The quantitative estimate of drug-likeness (QED) is 0.875. The van der Waals surface area contributed by atoms with Crippen LogP contribution in [0.15, 0.2) is 24.4 Å². The van der Waals surface area contributed by atoms with Crippen LogP contribution in [0.25, 0.3) is 0 Å². The highest BCUT2D eigenvalue weighted by molar-refractivity contribution is 6.34. The molecule has 0 saturated heterocycles. The summed E-state index contributed by atoms with van der Waals surface area (Å²) in [4.78, 5) is 12.5. The maximum absolute atomic E-state index is 12.5. The Morgan fingerprint density at radius 1 is 1.42 bits per heavy atom. The van der Waals surface area contributed by atoms with Crippen LogP contribution in [-0.4, -0.2) is 15.6 Å². The molecule has 0 radical (unpaired) electrons. The third kappa shape index (κ3) is 2.07. The summed E-state index contributed by atoms with van der Waals surface area (Å²) >= 11 is 6.07. The predicted molar refractivity (Wildman–Crippen MR) is 73.3 cm³/mol. The van der Waals surface area contributed by atoms with Gasteiger partial charge in [0, 0.05) is 25.2 Å². The molecule has 2 heterocycles. The van der Waals surface area contributed by atoms with Gasteiger partial charge in [-0.3, -0.25) is 9.48 Å². The van der Waals surface area contributed by atoms with Gasteiger partial charge in [-0.15, -0.1) is 0 Å². The van der Waals surface area contributed by atoms with Crippen LogP contribution < -0.4 is 5.32 Å². The molecule has 1 aliphatic heterocycles. The van der Waals surface area contributed by atoms with Crippen molar-refractivity contribution in [2.24, 2.45) is 0 Å². The Hall–Kier alpha value is -1.65. The van der Waals surface area contributed by atoms with Crippen molar-refractivity contribution >= 4 is 17.4 Å². The lowest BCUT2D eigenvalue weighted by Crippen LogP contribution is -2.11. The van der Waals surface area contributed by atoms with Crippen LogP contribution in [-0.2, 0) is 19.6 Å². The lowest BCUT2D eigenvalue weighted by Gasteiger charge is -2.06. The van der Waals surface area contributed by atoms with Crippen molar-refractivity contribution in [3.63, 3.8) is 0 Å². The van der Waals surface area contributed by atoms with Gasteiger partial charge in [-0.1, -0.05) is 23.7 Å². The van der Waals surface area contributed by atoms with Gasteiger partial charge in [-0.25, -0.2) is 0 Å². The second kappa shape index (κ2) is 4.79. The van der Waals surface area contributed by atoms with Gasteiger partial charge in [0.2, 0.25) is 5.78 Å². The Morgan fingerprint density at radius 3 is 3.00 bits per heavy atom. The molecule has 0 amide bonds. The van der Waals surface area contributed by atoms with E-state index in [-0.39, 0.29) is 5.78 Å². The summed E-state index contributed by atoms with van der Waals surface area (Å²) in [5, 5.41) is 7.78. The number of carbonyl (C=O) groups excluding carboxylic acids is 1. The number of fused-ring (bicyclic) bond motifs is 1. The molecule has 0 unspecified atom stereocenters. The fourth-order valence-corrected chi connectivity index (χ4v) is 2.63. The van der Waals surface area contributed by atoms with Crippen LogP contribution in [0.5, 0.6) is 0 Å². The number of nitrogens with one attached hydrogen (secondary N) is 1. The fraction of sp³-hybridized carbons (Fsp3) is 0.286. The molecule has 0 spiro atoms. The minimum atomic E-state index is -0.0703. The van der Waals surface area contributed by atoms with E-state index < -0.39 is 0 Å². The summed E-state index contributed by atoms with van der Waals surface area (Å²) in [5.41, 5.74) is 3.57. The first-order valence-electron chi connectivity index (χ1n) is 6.29. The molecule has 4 nitrogen and oxygen atoms in total. The van der Waals surface area contributed by atoms with Crippen molar-refractivity contribution in [2.75, 3.05) is 0 Å². The highest BCUT2D eigenvalue weighted by Gasteiger charge is 2.20. The number of benzene rings is 1. The molecule has 2 aromatic rings. The Labute approximate surface area is 116 Å². The molecular formula is C14H14ClN3O. The number of ketones is 1. The summed E-state index contributed by atoms with van der Waals surface area (Å²) in [5.74, 6) is -0.0703. The summed E-state index contributed by atoms with van der Waals surface area (Å²) in [6.07, 6.45) is 1.52. The van der Waals surface area contributed by atoms with Gasteiger partial charge in [0.05, 0.1) is 11.2 Å². The highest BCUT2D eigenvalue weighted by atomic mass is 35.5. The van der Waals surface area contributed by atoms with E-state index in [4.69, 9.17) is 11.6 Å². The minimum Gasteiger partial charge on any atom is -0.309 e. The second-order valence-corrected chi connectivity index (χ2v) is 4.98. The number of hydrogen-bond acceptors (Lipinski definition) is 3. The van der Waals surface area contributed by atoms with E-state index in [2.05, 4.69) is 10.4 Å². The third-order valence-corrected chi connectivity index (χ3v) is 3.69. The van der Waals surface area contributed by atoms with Crippen LogP contribution in [0.3, 0.4) is 0 Å². The van der Waals surface area contributed by atoms with Crippen molar-refractivity contribution in [3.05, 3.63) is 51.8 Å². The maximum atomic E-state index is 12.5. The number of nitrogens with zero attached hydrogens (tertiary/aromatic N) is 2. The number of aryl methyl sites for hydroxylation is 1. The van der Waals surface area contributed by atoms with Crippen LogP contribution in [0, 0.1) is 0 Å². The Bertz CT molecular complexity index is 648. The molecule has 0 atom stereocenters. The Kier molecular flexibility index (Phi) is 3.12. The van der Waals surface area contributed by atoms with Gasteiger partial charge < -0.3 is 5.32 Å². The zero-order valence-corrected chi connectivity index (χ0v) is 11.4. The van der Waals surface area contributed by atoms with E-state index in [0.29, 0.717) is 22.8 Å². The van der Waals surface area contributed by atoms with E-state index in [0.717, 1.165) is 13.1 Å². The maximum Gasteiger partial charge on any atom is 0.212 e. The minimum absolute atomic E-state index is 0.0703. The van der Waals surface area contributed by atoms with Crippen LogP contribution in [0.4, 0.5) is 0 Å². The van der Waals surface area contributed by atoms with Gasteiger partial charge in [-0.2, -0.15) is 5.10 Å². The van der Waals surface area contributed by atoms with Gasteiger partial charge in [-0.05, 0) is 24.1 Å². The molecule has 0 fully saturated rings. The molecule has 3 rings (SSSR count). The van der Waals surface area contributed by atoms with Crippen LogP contribution in [0.1, 0.15) is 34.1 Å². The average Bonchev–Trinajstić information content (AvgIpc) is 3.02. The second-order valence-electron chi connectivity index (χ2n) is 4.57. The lowest BCUT2D eigenvalue weighted by atomic mass is 10.0. The van der Waals surface area contributed by atoms with E-state index in [1.807, 2.05) is 25.1 Å². The molecule has 1 aromatic carbocycles. The van der Waals surface area contributed by atoms with E-state index in [1.54, 1.807) is 4.68 Å². The van der Waals surface area contributed by atoms with Crippen molar-refractivity contribution in [1.82, 2.24) is 15.1 Å². The molecule has 1 aliphatic rings. The van der Waals surface area contributed by atoms with Crippen LogP contribution in [0.2, 0.25) is 5.02 Å². The fourth-order valence-electron chi connectivity index (χ4n) is 2.40. The highest BCUT2D eigenvalue weighted by Crippen LogP contribution is 2.22. The molecular weight excluding hydrogens is 262 g/mol. The van der Waals surface area contributed by atoms with Crippen molar-refractivity contribution < 1.29 is 4.79 Å². The lowest BCUT2D eigenvalue weighted by molar-refractivity contribution is 0.102. The zero-order valence-electron chi connectivity index (χ0n) is 10.6. The van der Waals surface area contributed by atoms with Crippen LogP contribution >= 0.6 is 11.6 Å². The first-order valence-corrected chi connectivity index (χ1v) is 6.67. The van der Waals surface area contributed by atoms with Crippen molar-refractivity contribution in [3.8, 4) is 0 Å². The van der Waals surface area contributed by atoms with E-state index in [1.165, 1.54) is 17.3 Å². The topological polar surface area (TPSA) is 46.9 Å². The van der Waals surface area contributed by atoms with Gasteiger partial charge in [0.25, 0.3) is 0 Å². The number of rotatable bonds is 3. The van der Waals surface area contributed by atoms with Gasteiger partial charge in [0.1, 0.15) is 5.69 Å². The average molecular weight is 276 g/mol. The standard InChI is InChI=1S/C14H14ClN3O/c1-2-18-13(12(15)8-17-18)14(19)9-3-4-10-6-16-7-11(10)5-9/h3-5,8,16H,2,6-7H2,1H3. The normalized spacial score (nSPS) is 13.6. The molecule has 19 heavy (non-hydrogen) atoms. The number of hydrogen-bond donors (Lipinski definition) is 1. The first kappa shape index (κ1) is 12.4. The monoisotopic (exact) mass is 275 g/mol. The van der Waals surface area contributed by atoms with Gasteiger partial charge in [0.15, 0.2) is 0 Å². The molecule has 5 heteroatoms. The molecule has 1 aromatic heterocycles. The van der Waals surface area contributed by atoms with Gasteiger partial charge >= 0.3 is 0 Å².